The fraction of sp³-hybridized carbons (Fsp3) is 1.00. The van der Waals surface area contributed by atoms with Crippen LogP contribution in [-0.4, -0.2) is 12.2 Å². The molecule has 0 amide bonds. The largest absolute Gasteiger partial charge is 0.233 e. The summed E-state index contributed by atoms with van der Waals surface area (Å²) in [6.07, 6.45) is 5.68. The number of hydrogen-bond acceptors (Lipinski definition) is 2. The number of rotatable bonds is 0. The third-order valence-corrected chi connectivity index (χ3v) is 6.10. The molecular weight excluding hydrogens is 188 g/mol. The molecule has 1 saturated heterocycles. The summed E-state index contributed by atoms with van der Waals surface area (Å²) in [5, 5.41) is 0. The Bertz CT molecular complexity index is 306. The first kappa shape index (κ1) is 9.00. The Balaban J connectivity index is 1.80. The Morgan fingerprint density at radius 3 is 2.40 bits per heavy atom. The first-order chi connectivity index (χ1) is 7.13. The van der Waals surface area contributed by atoms with Crippen LogP contribution in [0.4, 0.5) is 0 Å². The third kappa shape index (κ3) is 0.861. The standard InChI is InChI=1S/C13H20O2/c1-12(2)9-3-8-4-10(6-9)13(7-14-15-13)11(12)5-8/h8-11H,3-7H2,1-2H3. The van der Waals surface area contributed by atoms with Crippen LogP contribution in [-0.2, 0) is 9.78 Å². The maximum atomic E-state index is 5.63. The fourth-order valence-electron chi connectivity index (χ4n) is 5.21. The van der Waals surface area contributed by atoms with Gasteiger partial charge in [-0.3, -0.25) is 0 Å². The van der Waals surface area contributed by atoms with Crippen molar-refractivity contribution in [3.8, 4) is 0 Å². The second-order valence-corrected chi connectivity index (χ2v) is 6.88. The quantitative estimate of drug-likeness (QED) is 0.570. The first-order valence-corrected chi connectivity index (χ1v) is 6.43. The molecule has 5 unspecified atom stereocenters. The van der Waals surface area contributed by atoms with Crippen molar-refractivity contribution < 1.29 is 9.78 Å². The molecule has 15 heavy (non-hydrogen) atoms. The maximum absolute atomic E-state index is 5.63. The van der Waals surface area contributed by atoms with Crippen LogP contribution in [0.1, 0.15) is 39.5 Å². The molecule has 0 aromatic rings. The van der Waals surface area contributed by atoms with E-state index in [-0.39, 0.29) is 5.60 Å². The van der Waals surface area contributed by atoms with Gasteiger partial charge in [0, 0.05) is 0 Å². The highest BCUT2D eigenvalue weighted by molar-refractivity contribution is 5.14. The van der Waals surface area contributed by atoms with Crippen LogP contribution in [0.2, 0.25) is 0 Å². The van der Waals surface area contributed by atoms with Gasteiger partial charge in [-0.2, -0.15) is 0 Å². The highest BCUT2D eigenvalue weighted by atomic mass is 17.2. The van der Waals surface area contributed by atoms with E-state index < -0.39 is 0 Å². The molecule has 4 bridgehead atoms. The predicted octanol–water partition coefficient (Wildman–Crippen LogP) is 2.78. The Kier molecular flexibility index (Phi) is 1.46. The minimum Gasteiger partial charge on any atom is -0.233 e. The molecule has 4 saturated carbocycles. The van der Waals surface area contributed by atoms with E-state index in [9.17, 15) is 0 Å². The van der Waals surface area contributed by atoms with E-state index in [1.165, 1.54) is 25.7 Å². The van der Waals surface area contributed by atoms with E-state index in [0.29, 0.717) is 5.41 Å². The summed E-state index contributed by atoms with van der Waals surface area (Å²) >= 11 is 0. The van der Waals surface area contributed by atoms with Gasteiger partial charge in [0.1, 0.15) is 12.2 Å². The van der Waals surface area contributed by atoms with Crippen LogP contribution in [0.15, 0.2) is 0 Å². The van der Waals surface area contributed by atoms with Crippen molar-refractivity contribution in [2.45, 2.75) is 45.1 Å². The lowest BCUT2D eigenvalue weighted by molar-refractivity contribution is -0.519. The highest BCUT2D eigenvalue weighted by Gasteiger charge is 2.68. The van der Waals surface area contributed by atoms with Crippen molar-refractivity contribution in [3.63, 3.8) is 0 Å². The van der Waals surface area contributed by atoms with Crippen molar-refractivity contribution in [2.75, 3.05) is 6.61 Å². The molecule has 5 aliphatic rings. The van der Waals surface area contributed by atoms with Gasteiger partial charge in [-0.25, -0.2) is 9.78 Å². The van der Waals surface area contributed by atoms with Gasteiger partial charge in [0.2, 0.25) is 0 Å². The second-order valence-electron chi connectivity index (χ2n) is 6.88. The minimum atomic E-state index is 0.136. The molecule has 1 heterocycles. The zero-order valence-electron chi connectivity index (χ0n) is 9.66. The van der Waals surface area contributed by atoms with E-state index in [2.05, 4.69) is 13.8 Å². The van der Waals surface area contributed by atoms with E-state index in [1.54, 1.807) is 0 Å². The van der Waals surface area contributed by atoms with Crippen LogP contribution < -0.4 is 0 Å². The van der Waals surface area contributed by atoms with Gasteiger partial charge in [0.25, 0.3) is 0 Å². The predicted molar refractivity (Wildman–Crippen MR) is 56.0 cm³/mol. The molecule has 2 nitrogen and oxygen atoms in total. The van der Waals surface area contributed by atoms with Crippen LogP contribution >= 0.6 is 0 Å². The Morgan fingerprint density at radius 2 is 1.73 bits per heavy atom. The molecule has 1 spiro atoms. The lowest BCUT2D eigenvalue weighted by atomic mass is 9.41. The maximum Gasteiger partial charge on any atom is 0.136 e. The van der Waals surface area contributed by atoms with Gasteiger partial charge < -0.3 is 0 Å². The molecule has 0 N–H and O–H groups in total. The molecule has 0 aromatic carbocycles. The van der Waals surface area contributed by atoms with E-state index >= 15 is 0 Å². The Labute approximate surface area is 91.3 Å². The number of hydrogen-bond donors (Lipinski definition) is 0. The molecule has 1 aliphatic heterocycles. The lowest BCUT2D eigenvalue weighted by Crippen LogP contribution is -2.71. The Morgan fingerprint density at radius 1 is 1.00 bits per heavy atom. The SMILES string of the molecule is CC1(C)C2CC3CC(C2)C2(COO2)C1C3. The van der Waals surface area contributed by atoms with Crippen LogP contribution in [0.3, 0.4) is 0 Å². The van der Waals surface area contributed by atoms with Crippen molar-refractivity contribution in [1.29, 1.82) is 0 Å². The van der Waals surface area contributed by atoms with Crippen molar-refractivity contribution in [3.05, 3.63) is 0 Å². The lowest BCUT2D eigenvalue weighted by Gasteiger charge is -2.68. The normalized spacial score (nSPS) is 59.6. The summed E-state index contributed by atoms with van der Waals surface area (Å²) in [6, 6.07) is 0. The van der Waals surface area contributed by atoms with Crippen molar-refractivity contribution >= 4 is 0 Å². The Hall–Kier alpha value is -0.0800. The molecule has 4 aliphatic carbocycles. The van der Waals surface area contributed by atoms with Gasteiger partial charge in [0.15, 0.2) is 0 Å². The zero-order chi connectivity index (χ0) is 10.3. The first-order valence-electron chi connectivity index (χ1n) is 6.43. The van der Waals surface area contributed by atoms with E-state index in [1.807, 2.05) is 0 Å². The molecule has 2 heteroatoms. The molecule has 84 valence electrons. The van der Waals surface area contributed by atoms with Crippen LogP contribution in [0, 0.1) is 29.1 Å². The molecule has 5 fully saturated rings. The topological polar surface area (TPSA) is 18.5 Å². The summed E-state index contributed by atoms with van der Waals surface area (Å²) < 4.78 is 0. The van der Waals surface area contributed by atoms with Gasteiger partial charge >= 0.3 is 0 Å². The van der Waals surface area contributed by atoms with E-state index in [4.69, 9.17) is 9.78 Å². The van der Waals surface area contributed by atoms with Crippen molar-refractivity contribution in [2.24, 2.45) is 29.1 Å². The van der Waals surface area contributed by atoms with Gasteiger partial charge in [-0.15, -0.1) is 0 Å². The molecule has 0 aromatic heterocycles. The van der Waals surface area contributed by atoms with Gasteiger partial charge in [-0.1, -0.05) is 13.8 Å². The summed E-state index contributed by atoms with van der Waals surface area (Å²) in [4.78, 5) is 10.7. The van der Waals surface area contributed by atoms with Crippen LogP contribution in [0.5, 0.6) is 0 Å². The zero-order valence-corrected chi connectivity index (χ0v) is 9.66. The van der Waals surface area contributed by atoms with Gasteiger partial charge in [-0.05, 0) is 54.8 Å². The fourth-order valence-corrected chi connectivity index (χ4v) is 5.21. The summed E-state index contributed by atoms with van der Waals surface area (Å²) in [6.45, 7) is 5.79. The highest BCUT2D eigenvalue weighted by Crippen LogP contribution is 2.68. The van der Waals surface area contributed by atoms with Gasteiger partial charge in [0.05, 0.1) is 0 Å². The third-order valence-electron chi connectivity index (χ3n) is 6.10. The smallest absolute Gasteiger partial charge is 0.136 e. The van der Waals surface area contributed by atoms with Crippen molar-refractivity contribution in [1.82, 2.24) is 0 Å². The van der Waals surface area contributed by atoms with Crippen LogP contribution in [0.25, 0.3) is 0 Å². The van der Waals surface area contributed by atoms with E-state index in [0.717, 1.165) is 30.3 Å². The molecule has 5 rings (SSSR count). The summed E-state index contributed by atoms with van der Waals surface area (Å²) in [7, 11) is 0. The average Bonchev–Trinajstić information content (AvgIpc) is 2.11. The molecular formula is C13H20O2. The molecule has 5 atom stereocenters. The average molecular weight is 208 g/mol. The second kappa shape index (κ2) is 2.43. The minimum absolute atomic E-state index is 0.136. The summed E-state index contributed by atoms with van der Waals surface area (Å²) in [5.74, 6) is 3.52. The summed E-state index contributed by atoms with van der Waals surface area (Å²) in [5.41, 5.74) is 0.619. The molecule has 0 radical (unpaired) electrons. The monoisotopic (exact) mass is 208 g/mol.